The smallest absolute Gasteiger partial charge is 0.0557 e. The lowest BCUT2D eigenvalue weighted by Crippen LogP contribution is -1.89. The van der Waals surface area contributed by atoms with E-state index >= 15 is 0 Å². The van der Waals surface area contributed by atoms with Gasteiger partial charge in [0.2, 0.25) is 0 Å². The van der Waals surface area contributed by atoms with Gasteiger partial charge in [-0.1, -0.05) is 103 Å². The first-order valence-corrected chi connectivity index (χ1v) is 9.98. The third-order valence-electron chi connectivity index (χ3n) is 5.80. The van der Waals surface area contributed by atoms with Crippen LogP contribution in [0.15, 0.2) is 109 Å². The van der Waals surface area contributed by atoms with Crippen LogP contribution >= 0.6 is 0 Å². The van der Waals surface area contributed by atoms with E-state index < -0.39 is 0 Å². The Morgan fingerprint density at radius 3 is 1.55 bits per heavy atom. The van der Waals surface area contributed by atoms with Crippen molar-refractivity contribution in [2.45, 2.75) is 0 Å². The van der Waals surface area contributed by atoms with E-state index in [1.807, 2.05) is 0 Å². The number of fused-ring (bicyclic) bond motifs is 4. The van der Waals surface area contributed by atoms with Crippen molar-refractivity contribution >= 4 is 32.6 Å². The number of hydrogen-bond donors (Lipinski definition) is 1. The first-order chi connectivity index (χ1) is 14.4. The molecular formula is C28H19N. The summed E-state index contributed by atoms with van der Waals surface area (Å²) in [5.74, 6) is 0. The average Bonchev–Trinajstić information content (AvgIpc) is 3.17. The second-order valence-corrected chi connectivity index (χ2v) is 7.45. The summed E-state index contributed by atoms with van der Waals surface area (Å²) < 4.78 is 0. The van der Waals surface area contributed by atoms with Gasteiger partial charge in [0.15, 0.2) is 0 Å². The van der Waals surface area contributed by atoms with Gasteiger partial charge in [-0.2, -0.15) is 0 Å². The van der Waals surface area contributed by atoms with Crippen LogP contribution in [0.4, 0.5) is 0 Å². The topological polar surface area (TPSA) is 15.8 Å². The molecule has 0 atom stereocenters. The Hall–Kier alpha value is -3.84. The van der Waals surface area contributed by atoms with Crippen LogP contribution in [-0.4, -0.2) is 4.98 Å². The highest BCUT2D eigenvalue weighted by Gasteiger charge is 2.19. The molecule has 1 heterocycles. The normalized spacial score (nSPS) is 11.4. The molecule has 0 fully saturated rings. The molecule has 5 aromatic carbocycles. The van der Waals surface area contributed by atoms with Crippen LogP contribution < -0.4 is 0 Å². The van der Waals surface area contributed by atoms with Crippen LogP contribution in [0, 0.1) is 0 Å². The molecule has 0 saturated heterocycles. The summed E-state index contributed by atoms with van der Waals surface area (Å²) >= 11 is 0. The van der Waals surface area contributed by atoms with Crippen molar-refractivity contribution in [2.75, 3.05) is 0 Å². The molecule has 1 heteroatoms. The molecule has 0 spiro atoms. The maximum atomic E-state index is 3.75. The van der Waals surface area contributed by atoms with Crippen LogP contribution in [-0.2, 0) is 0 Å². The summed E-state index contributed by atoms with van der Waals surface area (Å²) in [7, 11) is 0. The lowest BCUT2D eigenvalue weighted by molar-refractivity contribution is 1.54. The SMILES string of the molecule is c1ccc(-c2c3ccccc3c(-c3ccccc3)c3c2[nH]c2ccccc23)cc1. The Labute approximate surface area is 169 Å². The van der Waals surface area contributed by atoms with E-state index in [2.05, 4.69) is 114 Å². The van der Waals surface area contributed by atoms with Crippen LogP contribution in [0.5, 0.6) is 0 Å². The van der Waals surface area contributed by atoms with Crippen molar-refractivity contribution in [2.24, 2.45) is 0 Å². The van der Waals surface area contributed by atoms with Crippen molar-refractivity contribution in [1.82, 2.24) is 4.98 Å². The summed E-state index contributed by atoms with van der Waals surface area (Å²) in [4.78, 5) is 3.75. The number of hydrogen-bond acceptors (Lipinski definition) is 0. The quantitative estimate of drug-likeness (QED) is 0.320. The van der Waals surface area contributed by atoms with Gasteiger partial charge in [-0.15, -0.1) is 0 Å². The fourth-order valence-corrected chi connectivity index (χ4v) is 4.59. The average molecular weight is 369 g/mol. The van der Waals surface area contributed by atoms with Gasteiger partial charge in [-0.3, -0.25) is 0 Å². The van der Waals surface area contributed by atoms with Crippen molar-refractivity contribution in [3.63, 3.8) is 0 Å². The number of nitrogens with one attached hydrogen (secondary N) is 1. The van der Waals surface area contributed by atoms with E-state index in [1.165, 1.54) is 54.8 Å². The standard InChI is InChI=1S/C28H19N/c1-3-11-19(12-4-1)25-21-15-7-8-16-22(21)26(20-13-5-2-6-14-20)28-27(25)23-17-9-10-18-24(23)29-28/h1-18,29H. The molecule has 6 rings (SSSR count). The highest BCUT2D eigenvalue weighted by atomic mass is 14.7. The number of rotatable bonds is 2. The Bertz CT molecular complexity index is 1480. The van der Waals surface area contributed by atoms with Gasteiger partial charge in [0.1, 0.15) is 0 Å². The molecular weight excluding hydrogens is 350 g/mol. The highest BCUT2D eigenvalue weighted by Crippen LogP contribution is 2.45. The predicted molar refractivity (Wildman–Crippen MR) is 124 cm³/mol. The molecule has 136 valence electrons. The van der Waals surface area contributed by atoms with E-state index in [0.29, 0.717) is 0 Å². The molecule has 0 amide bonds. The first kappa shape index (κ1) is 16.1. The maximum Gasteiger partial charge on any atom is 0.0557 e. The zero-order valence-electron chi connectivity index (χ0n) is 15.9. The molecule has 0 aliphatic rings. The van der Waals surface area contributed by atoms with E-state index in [0.717, 1.165) is 0 Å². The third kappa shape index (κ3) is 2.41. The third-order valence-corrected chi connectivity index (χ3v) is 5.80. The van der Waals surface area contributed by atoms with Gasteiger partial charge in [0, 0.05) is 21.9 Å². The highest BCUT2D eigenvalue weighted by molar-refractivity contribution is 6.27. The summed E-state index contributed by atoms with van der Waals surface area (Å²) in [6.07, 6.45) is 0. The lowest BCUT2D eigenvalue weighted by atomic mass is 9.88. The van der Waals surface area contributed by atoms with Crippen molar-refractivity contribution in [3.8, 4) is 22.3 Å². The van der Waals surface area contributed by atoms with Crippen LogP contribution in [0.3, 0.4) is 0 Å². The van der Waals surface area contributed by atoms with E-state index in [9.17, 15) is 0 Å². The van der Waals surface area contributed by atoms with Gasteiger partial charge >= 0.3 is 0 Å². The fourth-order valence-electron chi connectivity index (χ4n) is 4.59. The molecule has 0 saturated carbocycles. The molecule has 0 radical (unpaired) electrons. The van der Waals surface area contributed by atoms with Crippen molar-refractivity contribution < 1.29 is 0 Å². The van der Waals surface area contributed by atoms with Crippen LogP contribution in [0.2, 0.25) is 0 Å². The largest absolute Gasteiger partial charge is 0.354 e. The van der Waals surface area contributed by atoms with Gasteiger partial charge in [-0.05, 0) is 33.5 Å². The Morgan fingerprint density at radius 1 is 0.414 bits per heavy atom. The zero-order chi connectivity index (χ0) is 19.2. The summed E-state index contributed by atoms with van der Waals surface area (Å²) in [5, 5.41) is 5.13. The number of benzene rings is 5. The van der Waals surface area contributed by atoms with Gasteiger partial charge < -0.3 is 4.98 Å². The fraction of sp³-hybridized carbons (Fsp3) is 0. The van der Waals surface area contributed by atoms with E-state index in [4.69, 9.17) is 0 Å². The van der Waals surface area contributed by atoms with Gasteiger partial charge in [0.05, 0.1) is 5.52 Å². The summed E-state index contributed by atoms with van der Waals surface area (Å²) in [6.45, 7) is 0. The molecule has 1 N–H and O–H groups in total. The summed E-state index contributed by atoms with van der Waals surface area (Å²) in [5.41, 5.74) is 7.43. The monoisotopic (exact) mass is 369 g/mol. The number of para-hydroxylation sites is 1. The minimum absolute atomic E-state index is 1.17. The zero-order valence-corrected chi connectivity index (χ0v) is 15.9. The molecule has 0 aliphatic carbocycles. The Kier molecular flexibility index (Phi) is 3.54. The number of H-pyrrole nitrogens is 1. The molecule has 1 aromatic heterocycles. The van der Waals surface area contributed by atoms with Gasteiger partial charge in [-0.25, -0.2) is 0 Å². The minimum Gasteiger partial charge on any atom is -0.354 e. The van der Waals surface area contributed by atoms with Crippen molar-refractivity contribution in [1.29, 1.82) is 0 Å². The Morgan fingerprint density at radius 2 is 0.897 bits per heavy atom. The van der Waals surface area contributed by atoms with Crippen LogP contribution in [0.1, 0.15) is 0 Å². The van der Waals surface area contributed by atoms with E-state index in [1.54, 1.807) is 0 Å². The first-order valence-electron chi connectivity index (χ1n) is 9.98. The molecule has 0 aliphatic heterocycles. The number of aromatic amines is 1. The predicted octanol–water partition coefficient (Wildman–Crippen LogP) is 7.81. The minimum atomic E-state index is 1.17. The summed E-state index contributed by atoms with van der Waals surface area (Å²) in [6, 6.07) is 38.9. The van der Waals surface area contributed by atoms with E-state index in [-0.39, 0.29) is 0 Å². The molecule has 6 aromatic rings. The maximum absolute atomic E-state index is 3.75. The second-order valence-electron chi connectivity index (χ2n) is 7.45. The molecule has 0 bridgehead atoms. The second kappa shape index (κ2) is 6.35. The molecule has 0 unspecified atom stereocenters. The van der Waals surface area contributed by atoms with Crippen molar-refractivity contribution in [3.05, 3.63) is 109 Å². The van der Waals surface area contributed by atoms with Gasteiger partial charge in [0.25, 0.3) is 0 Å². The number of aromatic nitrogens is 1. The van der Waals surface area contributed by atoms with Crippen LogP contribution in [0.25, 0.3) is 54.8 Å². The lowest BCUT2D eigenvalue weighted by Gasteiger charge is -2.15. The molecule has 1 nitrogen and oxygen atoms in total. The Balaban J connectivity index is 1.92. The molecule has 29 heavy (non-hydrogen) atoms.